The summed E-state index contributed by atoms with van der Waals surface area (Å²) in [4.78, 5) is 33.1. The number of anilines is 2. The second-order valence-electron chi connectivity index (χ2n) is 7.68. The van der Waals surface area contributed by atoms with Gasteiger partial charge in [-0.2, -0.15) is 0 Å². The molecule has 0 unspecified atom stereocenters. The summed E-state index contributed by atoms with van der Waals surface area (Å²) >= 11 is 0. The number of benzene rings is 1. The minimum absolute atomic E-state index is 0.0514. The molecule has 2 fully saturated rings. The maximum atomic E-state index is 12.7. The van der Waals surface area contributed by atoms with Gasteiger partial charge in [0.2, 0.25) is 5.91 Å². The second-order valence-corrected chi connectivity index (χ2v) is 7.68. The maximum absolute atomic E-state index is 12.7. The molecule has 0 radical (unpaired) electrons. The number of hydrogen-bond donors (Lipinski definition) is 1. The highest BCUT2D eigenvalue weighted by Gasteiger charge is 2.36. The molecule has 2 heterocycles. The number of carbonyl (C=O) groups excluding carboxylic acids is 2. The average Bonchev–Trinajstić information content (AvgIpc) is 3.34. The lowest BCUT2D eigenvalue weighted by Crippen LogP contribution is -2.38. The Hall–Kier alpha value is -2.89. The van der Waals surface area contributed by atoms with Crippen molar-refractivity contribution in [1.29, 1.82) is 0 Å². The van der Waals surface area contributed by atoms with Gasteiger partial charge in [-0.3, -0.25) is 9.69 Å². The highest BCUT2D eigenvalue weighted by atomic mass is 16.2. The first-order valence-corrected chi connectivity index (χ1v) is 10.00. The number of rotatable bonds is 5. The Labute approximate surface area is 165 Å². The van der Waals surface area contributed by atoms with E-state index < -0.39 is 0 Å². The third-order valence-electron chi connectivity index (χ3n) is 5.60. The molecule has 4 rings (SSSR count). The van der Waals surface area contributed by atoms with Gasteiger partial charge in [0.1, 0.15) is 5.82 Å². The Kier molecular flexibility index (Phi) is 5.28. The number of hydrogen-bond acceptors (Lipinski definition) is 3. The lowest BCUT2D eigenvalue weighted by Gasteiger charge is -2.23. The van der Waals surface area contributed by atoms with Gasteiger partial charge < -0.3 is 10.2 Å². The van der Waals surface area contributed by atoms with E-state index in [0.717, 1.165) is 24.9 Å². The minimum Gasteiger partial charge on any atom is -0.324 e. The summed E-state index contributed by atoms with van der Waals surface area (Å²) in [6, 6.07) is 12.0. The van der Waals surface area contributed by atoms with E-state index in [1.54, 1.807) is 23.2 Å². The van der Waals surface area contributed by atoms with Crippen LogP contribution in [0.4, 0.5) is 16.3 Å². The molecule has 1 aromatic carbocycles. The summed E-state index contributed by atoms with van der Waals surface area (Å²) in [7, 11) is 0. The van der Waals surface area contributed by atoms with Crippen molar-refractivity contribution < 1.29 is 9.59 Å². The molecule has 2 aliphatic rings. The predicted octanol–water partition coefficient (Wildman–Crippen LogP) is 3.76. The first-order valence-electron chi connectivity index (χ1n) is 10.00. The summed E-state index contributed by atoms with van der Waals surface area (Å²) in [6.45, 7) is 3.46. The molecule has 1 aliphatic heterocycles. The van der Waals surface area contributed by atoms with E-state index in [0.29, 0.717) is 30.5 Å². The predicted molar refractivity (Wildman–Crippen MR) is 109 cm³/mol. The highest BCUT2D eigenvalue weighted by molar-refractivity contribution is 5.94. The van der Waals surface area contributed by atoms with Crippen LogP contribution in [0.25, 0.3) is 0 Å². The summed E-state index contributed by atoms with van der Waals surface area (Å²) in [5, 5.41) is 2.87. The van der Waals surface area contributed by atoms with Crippen LogP contribution >= 0.6 is 0 Å². The quantitative estimate of drug-likeness (QED) is 0.862. The molecule has 1 saturated carbocycles. The molecular weight excluding hydrogens is 352 g/mol. The van der Waals surface area contributed by atoms with Crippen LogP contribution in [0, 0.1) is 6.92 Å². The van der Waals surface area contributed by atoms with E-state index >= 15 is 0 Å². The Morgan fingerprint density at radius 1 is 1.11 bits per heavy atom. The number of amides is 3. The molecule has 1 saturated heterocycles. The van der Waals surface area contributed by atoms with Gasteiger partial charge in [0, 0.05) is 19.1 Å². The number of aromatic nitrogens is 1. The van der Waals surface area contributed by atoms with Crippen LogP contribution in [0.1, 0.15) is 36.8 Å². The Morgan fingerprint density at radius 2 is 1.86 bits per heavy atom. The number of pyridine rings is 1. The van der Waals surface area contributed by atoms with Gasteiger partial charge in [0.05, 0.1) is 18.3 Å². The van der Waals surface area contributed by atoms with E-state index in [-0.39, 0.29) is 11.9 Å². The summed E-state index contributed by atoms with van der Waals surface area (Å²) < 4.78 is 0. The van der Waals surface area contributed by atoms with E-state index in [2.05, 4.69) is 10.3 Å². The van der Waals surface area contributed by atoms with Crippen molar-refractivity contribution in [2.24, 2.45) is 0 Å². The fourth-order valence-corrected chi connectivity index (χ4v) is 4.04. The molecule has 0 atom stereocenters. The normalized spacial score (nSPS) is 17.4. The monoisotopic (exact) mass is 378 g/mol. The van der Waals surface area contributed by atoms with Gasteiger partial charge >= 0.3 is 6.03 Å². The fourth-order valence-electron chi connectivity index (χ4n) is 4.04. The lowest BCUT2D eigenvalue weighted by molar-refractivity contribution is -0.115. The molecule has 6 heteroatoms. The van der Waals surface area contributed by atoms with Crippen molar-refractivity contribution in [2.45, 2.75) is 45.1 Å². The van der Waals surface area contributed by atoms with Crippen LogP contribution in [0.3, 0.4) is 0 Å². The van der Waals surface area contributed by atoms with Crippen molar-refractivity contribution in [3.63, 3.8) is 0 Å². The molecule has 1 aromatic heterocycles. The van der Waals surface area contributed by atoms with Crippen molar-refractivity contribution in [3.05, 3.63) is 53.7 Å². The average molecular weight is 378 g/mol. The van der Waals surface area contributed by atoms with Crippen molar-refractivity contribution in [1.82, 2.24) is 9.88 Å². The zero-order valence-corrected chi connectivity index (χ0v) is 16.2. The number of nitrogens with one attached hydrogen (secondary N) is 1. The van der Waals surface area contributed by atoms with Gasteiger partial charge in [-0.1, -0.05) is 42.7 Å². The maximum Gasteiger partial charge on any atom is 0.326 e. The molecule has 2 aromatic rings. The number of urea groups is 1. The Balaban J connectivity index is 1.35. The van der Waals surface area contributed by atoms with Gasteiger partial charge in [0.25, 0.3) is 0 Å². The van der Waals surface area contributed by atoms with Crippen molar-refractivity contribution in [2.75, 3.05) is 23.3 Å². The standard InChI is InChI=1S/C22H26N4O2/c1-16-6-8-17(9-7-16)14-21(27)24-18-10-11-20(23-15-18)26-13-12-25(22(26)28)19-4-2-3-5-19/h6-11,15,19H,2-5,12-14H2,1H3,(H,24,27). The van der Waals surface area contributed by atoms with Gasteiger partial charge in [0.15, 0.2) is 0 Å². The minimum atomic E-state index is -0.0805. The molecular formula is C22H26N4O2. The molecule has 28 heavy (non-hydrogen) atoms. The first-order chi connectivity index (χ1) is 13.6. The van der Waals surface area contributed by atoms with Crippen LogP contribution in [-0.2, 0) is 11.2 Å². The van der Waals surface area contributed by atoms with Gasteiger partial charge in [-0.25, -0.2) is 9.78 Å². The highest BCUT2D eigenvalue weighted by Crippen LogP contribution is 2.28. The van der Waals surface area contributed by atoms with Gasteiger partial charge in [-0.15, -0.1) is 0 Å². The zero-order valence-electron chi connectivity index (χ0n) is 16.2. The summed E-state index contributed by atoms with van der Waals surface area (Å²) in [5.74, 6) is 0.560. The molecule has 1 N–H and O–H groups in total. The topological polar surface area (TPSA) is 65.5 Å². The van der Waals surface area contributed by atoms with Crippen molar-refractivity contribution >= 4 is 23.4 Å². The van der Waals surface area contributed by atoms with Crippen molar-refractivity contribution in [3.8, 4) is 0 Å². The van der Waals surface area contributed by atoms with Crippen LogP contribution in [-0.4, -0.2) is 41.0 Å². The first kappa shape index (κ1) is 18.5. The van der Waals surface area contributed by atoms with E-state index in [4.69, 9.17) is 0 Å². The number of aryl methyl sites for hydroxylation is 1. The third-order valence-corrected chi connectivity index (χ3v) is 5.60. The largest absolute Gasteiger partial charge is 0.326 e. The van der Waals surface area contributed by atoms with Crippen LogP contribution in [0.15, 0.2) is 42.6 Å². The van der Waals surface area contributed by atoms with E-state index in [9.17, 15) is 9.59 Å². The molecule has 0 spiro atoms. The SMILES string of the molecule is Cc1ccc(CC(=O)Nc2ccc(N3CCN(C4CCCC4)C3=O)nc2)cc1. The number of carbonyl (C=O) groups is 2. The van der Waals surface area contributed by atoms with E-state index in [1.165, 1.54) is 18.4 Å². The Morgan fingerprint density at radius 3 is 2.54 bits per heavy atom. The Bertz CT molecular complexity index is 842. The molecule has 3 amide bonds. The fraction of sp³-hybridized carbons (Fsp3) is 0.409. The number of nitrogens with zero attached hydrogens (tertiary/aromatic N) is 3. The molecule has 6 nitrogen and oxygen atoms in total. The van der Waals surface area contributed by atoms with E-state index in [1.807, 2.05) is 36.1 Å². The van der Waals surface area contributed by atoms with Gasteiger partial charge in [-0.05, 0) is 37.5 Å². The third kappa shape index (κ3) is 4.01. The lowest BCUT2D eigenvalue weighted by atomic mass is 10.1. The van der Waals surface area contributed by atoms with Crippen LogP contribution in [0.5, 0.6) is 0 Å². The van der Waals surface area contributed by atoms with Crippen LogP contribution < -0.4 is 10.2 Å². The summed E-state index contributed by atoms with van der Waals surface area (Å²) in [5.41, 5.74) is 2.79. The molecule has 146 valence electrons. The summed E-state index contributed by atoms with van der Waals surface area (Å²) in [6.07, 6.45) is 6.59. The zero-order chi connectivity index (χ0) is 19.5. The smallest absolute Gasteiger partial charge is 0.324 e. The second kappa shape index (κ2) is 8.00. The van der Waals surface area contributed by atoms with Crippen LogP contribution in [0.2, 0.25) is 0 Å². The molecule has 0 bridgehead atoms. The molecule has 1 aliphatic carbocycles.